The van der Waals surface area contributed by atoms with E-state index in [1.54, 1.807) is 0 Å². The molecule has 3 aliphatic carbocycles. The van der Waals surface area contributed by atoms with Crippen LogP contribution in [-0.4, -0.2) is 6.17 Å². The van der Waals surface area contributed by atoms with E-state index in [9.17, 15) is 4.39 Å². The molecule has 0 N–H and O–H groups in total. The Labute approximate surface area is 200 Å². The van der Waals surface area contributed by atoms with Crippen LogP contribution >= 0.6 is 0 Å². The van der Waals surface area contributed by atoms with Crippen molar-refractivity contribution in [3.8, 4) is 11.8 Å². The lowest BCUT2D eigenvalue weighted by molar-refractivity contribution is 0.149. The fourth-order valence-electron chi connectivity index (χ4n) is 7.07. The van der Waals surface area contributed by atoms with Crippen molar-refractivity contribution in [2.75, 3.05) is 0 Å². The van der Waals surface area contributed by atoms with Gasteiger partial charge in [0.05, 0.1) is 5.92 Å². The van der Waals surface area contributed by atoms with Gasteiger partial charge in [-0.3, -0.25) is 0 Å². The summed E-state index contributed by atoms with van der Waals surface area (Å²) in [5.74, 6) is 11.2. The predicted octanol–water partition coefficient (Wildman–Crippen LogP) is 9.91. The minimum Gasteiger partial charge on any atom is -0.246 e. The van der Waals surface area contributed by atoms with Gasteiger partial charge in [0.15, 0.2) is 0 Å². The maximum Gasteiger partial charge on any atom is 0.114 e. The lowest BCUT2D eigenvalue weighted by atomic mass is 9.68. The molecule has 0 aromatic rings. The van der Waals surface area contributed by atoms with Crippen LogP contribution in [0, 0.1) is 47.3 Å². The summed E-state index contributed by atoms with van der Waals surface area (Å²) in [7, 11) is 0. The van der Waals surface area contributed by atoms with Crippen LogP contribution in [0.4, 0.5) is 4.39 Å². The molecule has 0 bridgehead atoms. The Balaban J connectivity index is 1.31. The highest BCUT2D eigenvalue weighted by Crippen LogP contribution is 2.42. The number of hydrogen-bond donors (Lipinski definition) is 0. The highest BCUT2D eigenvalue weighted by atomic mass is 19.1. The van der Waals surface area contributed by atoms with E-state index in [-0.39, 0.29) is 5.92 Å². The highest BCUT2D eigenvalue weighted by molar-refractivity contribution is 5.11. The first-order valence-corrected chi connectivity index (χ1v) is 14.8. The predicted molar refractivity (Wildman–Crippen MR) is 137 cm³/mol. The van der Waals surface area contributed by atoms with Gasteiger partial charge in [0.2, 0.25) is 0 Å². The Bertz CT molecular complexity index is 541. The first-order valence-electron chi connectivity index (χ1n) is 14.8. The lowest BCUT2D eigenvalue weighted by Gasteiger charge is -2.37. The zero-order valence-electron chi connectivity index (χ0n) is 21.6. The van der Waals surface area contributed by atoms with Crippen LogP contribution in [0.5, 0.6) is 0 Å². The van der Waals surface area contributed by atoms with Gasteiger partial charge in [-0.2, -0.15) is 0 Å². The van der Waals surface area contributed by atoms with Gasteiger partial charge >= 0.3 is 0 Å². The molecule has 184 valence electrons. The number of rotatable bonds is 10. The maximum atomic E-state index is 14.7. The highest BCUT2D eigenvalue weighted by Gasteiger charge is 2.31. The molecule has 3 atom stereocenters. The number of alkyl halides is 1. The monoisotopic (exact) mass is 444 g/mol. The van der Waals surface area contributed by atoms with E-state index in [1.165, 1.54) is 116 Å². The number of halogens is 1. The zero-order chi connectivity index (χ0) is 22.6. The zero-order valence-corrected chi connectivity index (χ0v) is 21.6. The maximum absolute atomic E-state index is 14.7. The third-order valence-electron chi connectivity index (χ3n) is 9.37. The van der Waals surface area contributed by atoms with Crippen molar-refractivity contribution in [2.24, 2.45) is 35.5 Å². The van der Waals surface area contributed by atoms with Crippen LogP contribution in [0.15, 0.2) is 0 Å². The van der Waals surface area contributed by atoms with Crippen LogP contribution in [0.2, 0.25) is 0 Å². The fourth-order valence-corrected chi connectivity index (χ4v) is 7.07. The molecular formula is C31H53F. The van der Waals surface area contributed by atoms with E-state index in [0.29, 0.717) is 11.8 Å². The van der Waals surface area contributed by atoms with Crippen molar-refractivity contribution >= 4 is 0 Å². The van der Waals surface area contributed by atoms with Crippen LogP contribution in [0.1, 0.15) is 142 Å². The molecule has 3 aliphatic rings. The second kappa shape index (κ2) is 14.7. The Morgan fingerprint density at radius 1 is 0.594 bits per heavy atom. The molecule has 0 radical (unpaired) electrons. The summed E-state index contributed by atoms with van der Waals surface area (Å²) < 4.78 is 14.7. The average molecular weight is 445 g/mol. The Morgan fingerprint density at radius 3 is 1.81 bits per heavy atom. The summed E-state index contributed by atoms with van der Waals surface area (Å²) in [5.41, 5.74) is 0. The van der Waals surface area contributed by atoms with Crippen molar-refractivity contribution in [1.82, 2.24) is 0 Å². The largest absolute Gasteiger partial charge is 0.246 e. The molecule has 0 nitrogen and oxygen atoms in total. The molecule has 3 fully saturated rings. The van der Waals surface area contributed by atoms with Gasteiger partial charge in [-0.25, -0.2) is 4.39 Å². The van der Waals surface area contributed by atoms with Gasteiger partial charge in [-0.05, 0) is 81.5 Å². The van der Waals surface area contributed by atoms with E-state index in [4.69, 9.17) is 0 Å². The summed E-state index contributed by atoms with van der Waals surface area (Å²) in [6.45, 7) is 4.56. The van der Waals surface area contributed by atoms with E-state index < -0.39 is 6.17 Å². The van der Waals surface area contributed by atoms with Gasteiger partial charge in [-0.15, -0.1) is 0 Å². The molecule has 1 heteroatoms. The van der Waals surface area contributed by atoms with E-state index in [2.05, 4.69) is 25.7 Å². The van der Waals surface area contributed by atoms with E-state index in [1.807, 2.05) is 0 Å². The Kier molecular flexibility index (Phi) is 12.0. The van der Waals surface area contributed by atoms with Gasteiger partial charge in [0.1, 0.15) is 6.17 Å². The Morgan fingerprint density at radius 2 is 1.16 bits per heavy atom. The van der Waals surface area contributed by atoms with Crippen LogP contribution in [0.25, 0.3) is 0 Å². The second-order valence-electron chi connectivity index (χ2n) is 11.8. The van der Waals surface area contributed by atoms with E-state index in [0.717, 1.165) is 30.6 Å². The van der Waals surface area contributed by atoms with E-state index >= 15 is 0 Å². The van der Waals surface area contributed by atoms with Gasteiger partial charge in [0, 0.05) is 5.92 Å². The third-order valence-corrected chi connectivity index (χ3v) is 9.37. The molecule has 0 amide bonds. The molecule has 0 aromatic carbocycles. The van der Waals surface area contributed by atoms with Crippen molar-refractivity contribution < 1.29 is 4.39 Å². The van der Waals surface area contributed by atoms with Crippen LogP contribution in [0.3, 0.4) is 0 Å². The second-order valence-corrected chi connectivity index (χ2v) is 11.8. The average Bonchev–Trinajstić information content (AvgIpc) is 2.82. The summed E-state index contributed by atoms with van der Waals surface area (Å²) in [6, 6.07) is 0. The minimum atomic E-state index is -0.670. The summed E-state index contributed by atoms with van der Waals surface area (Å²) >= 11 is 0. The quantitative estimate of drug-likeness (QED) is 0.232. The summed E-state index contributed by atoms with van der Waals surface area (Å²) in [5, 5.41) is 0. The SMILES string of the molecule is CCCCCC[C@H]1CC[C@H](C2CCC(C#CC3CCC(CCCCC)CC3F)CC2)CC1. The fraction of sp³-hybridized carbons (Fsp3) is 0.935. The molecule has 32 heavy (non-hydrogen) atoms. The molecular weight excluding hydrogens is 391 g/mol. The van der Waals surface area contributed by atoms with Gasteiger partial charge in [0.25, 0.3) is 0 Å². The van der Waals surface area contributed by atoms with Crippen molar-refractivity contribution in [1.29, 1.82) is 0 Å². The number of unbranched alkanes of at least 4 members (excludes halogenated alkanes) is 5. The van der Waals surface area contributed by atoms with Crippen molar-refractivity contribution in [2.45, 2.75) is 148 Å². The molecule has 3 saturated carbocycles. The molecule has 0 aliphatic heterocycles. The van der Waals surface area contributed by atoms with Gasteiger partial charge in [-0.1, -0.05) is 96.3 Å². The first-order chi connectivity index (χ1) is 15.7. The third kappa shape index (κ3) is 8.69. The molecule has 3 unspecified atom stereocenters. The van der Waals surface area contributed by atoms with Crippen LogP contribution in [-0.2, 0) is 0 Å². The summed E-state index contributed by atoms with van der Waals surface area (Å²) in [4.78, 5) is 0. The smallest absolute Gasteiger partial charge is 0.114 e. The van der Waals surface area contributed by atoms with Crippen molar-refractivity contribution in [3.63, 3.8) is 0 Å². The standard InChI is InChI=1S/C31H53F/c1-3-5-7-9-10-25-12-18-28(19-13-25)29-20-14-26(15-21-29)16-22-30-23-17-27(24-31(30)32)11-8-6-4-2/h25-31H,3-15,17-21,23-24H2,1-2H3/t25-,26?,27?,28-,29?,30?,31?. The Hall–Kier alpha value is -0.510. The molecule has 0 heterocycles. The molecule has 0 saturated heterocycles. The summed E-state index contributed by atoms with van der Waals surface area (Å²) in [6.07, 6.45) is 25.9. The van der Waals surface area contributed by atoms with Crippen molar-refractivity contribution in [3.05, 3.63) is 0 Å². The normalized spacial score (nSPS) is 35.8. The van der Waals surface area contributed by atoms with Crippen LogP contribution < -0.4 is 0 Å². The number of hydrogen-bond acceptors (Lipinski definition) is 0. The van der Waals surface area contributed by atoms with Gasteiger partial charge < -0.3 is 0 Å². The molecule has 0 aromatic heterocycles. The topological polar surface area (TPSA) is 0 Å². The lowest BCUT2D eigenvalue weighted by Crippen LogP contribution is -2.26. The first kappa shape index (κ1) is 26.1. The molecule has 3 rings (SSSR count). The molecule has 0 spiro atoms. The minimum absolute atomic E-state index is 0.0303.